The van der Waals surface area contributed by atoms with E-state index in [0.29, 0.717) is 0 Å². The number of halogens is 3. The van der Waals surface area contributed by atoms with Gasteiger partial charge in [-0.2, -0.15) is 13.2 Å². The molecule has 1 fully saturated rings. The number of rotatable bonds is 1. The molecule has 14 heavy (non-hydrogen) atoms. The molecule has 2 atom stereocenters. The van der Waals surface area contributed by atoms with Gasteiger partial charge in [0.25, 0.3) is 0 Å². The van der Waals surface area contributed by atoms with Crippen LogP contribution in [0.2, 0.25) is 0 Å². The maximum Gasteiger partial charge on any atom is 0.392 e. The standard InChI is InChI=1S/C8H9F3O3/c9-8(10,11)5-1-4(7(13)14)2-6(12)3-5/h4-5H,1-3H2,(H,13,14)/t4-,5+/m0/s1. The van der Waals surface area contributed by atoms with Gasteiger partial charge in [-0.1, -0.05) is 0 Å². The summed E-state index contributed by atoms with van der Waals surface area (Å²) >= 11 is 0. The first kappa shape index (κ1) is 11.0. The van der Waals surface area contributed by atoms with Crippen LogP contribution in [-0.2, 0) is 9.59 Å². The fraction of sp³-hybridized carbons (Fsp3) is 0.750. The van der Waals surface area contributed by atoms with Crippen molar-refractivity contribution in [2.45, 2.75) is 25.4 Å². The molecule has 0 aromatic rings. The quantitative estimate of drug-likeness (QED) is 0.715. The van der Waals surface area contributed by atoms with E-state index < -0.39 is 42.6 Å². The summed E-state index contributed by atoms with van der Waals surface area (Å²) in [6.07, 6.45) is -5.80. The highest BCUT2D eigenvalue weighted by Crippen LogP contribution is 2.38. The molecule has 0 aromatic heterocycles. The van der Waals surface area contributed by atoms with Gasteiger partial charge < -0.3 is 5.11 Å². The maximum absolute atomic E-state index is 12.2. The van der Waals surface area contributed by atoms with Gasteiger partial charge in [-0.25, -0.2) is 0 Å². The molecule has 1 saturated carbocycles. The molecule has 0 saturated heterocycles. The van der Waals surface area contributed by atoms with Crippen LogP contribution < -0.4 is 0 Å². The second-order valence-corrected chi connectivity index (χ2v) is 3.46. The SMILES string of the molecule is O=C1C[C@@H](C(=O)O)C[C@@H](C(F)(F)F)C1. The highest BCUT2D eigenvalue weighted by atomic mass is 19.4. The molecule has 0 unspecified atom stereocenters. The lowest BCUT2D eigenvalue weighted by Gasteiger charge is -2.27. The van der Waals surface area contributed by atoms with E-state index in [2.05, 4.69) is 0 Å². The van der Waals surface area contributed by atoms with Gasteiger partial charge in [0, 0.05) is 12.8 Å². The molecule has 1 N–H and O–H groups in total. The largest absolute Gasteiger partial charge is 0.481 e. The average molecular weight is 210 g/mol. The second kappa shape index (κ2) is 3.59. The maximum atomic E-state index is 12.2. The number of hydrogen-bond acceptors (Lipinski definition) is 2. The normalized spacial score (nSPS) is 28.9. The summed E-state index contributed by atoms with van der Waals surface area (Å²) in [5.74, 6) is -4.91. The minimum absolute atomic E-state index is 0.276. The number of Topliss-reactive ketones (excluding diaryl/α,β-unsaturated/α-hetero) is 1. The zero-order chi connectivity index (χ0) is 10.9. The number of hydrogen-bond donors (Lipinski definition) is 1. The van der Waals surface area contributed by atoms with E-state index in [0.717, 1.165) is 0 Å². The van der Waals surface area contributed by atoms with Gasteiger partial charge in [-0.3, -0.25) is 9.59 Å². The van der Waals surface area contributed by atoms with Crippen LogP contribution >= 0.6 is 0 Å². The summed E-state index contributed by atoms with van der Waals surface area (Å²) in [4.78, 5) is 21.3. The number of alkyl halides is 3. The van der Waals surface area contributed by atoms with E-state index in [1.807, 2.05) is 0 Å². The lowest BCUT2D eigenvalue weighted by molar-refractivity contribution is -0.189. The van der Waals surface area contributed by atoms with Crippen LogP contribution in [0.3, 0.4) is 0 Å². The molecular formula is C8H9F3O3. The monoisotopic (exact) mass is 210 g/mol. The van der Waals surface area contributed by atoms with Crippen molar-refractivity contribution < 1.29 is 27.9 Å². The summed E-state index contributed by atoms with van der Waals surface area (Å²) in [6.45, 7) is 0. The number of aliphatic carboxylic acids is 1. The van der Waals surface area contributed by atoms with Gasteiger partial charge in [-0.05, 0) is 6.42 Å². The average Bonchev–Trinajstić information content (AvgIpc) is 2.01. The third-order valence-electron chi connectivity index (χ3n) is 2.33. The molecular weight excluding hydrogens is 201 g/mol. The summed E-state index contributed by atoms with van der Waals surface area (Å²) in [6, 6.07) is 0. The number of ketones is 1. The van der Waals surface area contributed by atoms with E-state index in [-0.39, 0.29) is 6.42 Å². The predicted molar refractivity (Wildman–Crippen MR) is 39.5 cm³/mol. The molecule has 80 valence electrons. The fourth-order valence-corrected chi connectivity index (χ4v) is 1.58. The van der Waals surface area contributed by atoms with Gasteiger partial charge in [0.15, 0.2) is 0 Å². The first-order valence-electron chi connectivity index (χ1n) is 4.12. The molecule has 0 bridgehead atoms. The Balaban J connectivity index is 2.73. The van der Waals surface area contributed by atoms with Crippen LogP contribution in [0.4, 0.5) is 13.2 Å². The third kappa shape index (κ3) is 2.46. The van der Waals surface area contributed by atoms with Crippen LogP contribution in [-0.4, -0.2) is 23.0 Å². The van der Waals surface area contributed by atoms with Gasteiger partial charge in [0.2, 0.25) is 0 Å². The summed E-state index contributed by atoms with van der Waals surface area (Å²) < 4.78 is 36.6. The van der Waals surface area contributed by atoms with E-state index in [9.17, 15) is 22.8 Å². The minimum atomic E-state index is -4.47. The summed E-state index contributed by atoms with van der Waals surface area (Å²) in [5.41, 5.74) is 0. The highest BCUT2D eigenvalue weighted by Gasteiger charge is 2.46. The Labute approximate surface area is 77.9 Å². The molecule has 0 radical (unpaired) electrons. The van der Waals surface area contributed by atoms with Crippen molar-refractivity contribution in [1.29, 1.82) is 0 Å². The molecule has 1 rings (SSSR count). The van der Waals surface area contributed by atoms with E-state index in [1.165, 1.54) is 0 Å². The Hall–Kier alpha value is -1.07. The van der Waals surface area contributed by atoms with Crippen molar-refractivity contribution in [2.24, 2.45) is 11.8 Å². The van der Waals surface area contributed by atoms with Crippen LogP contribution in [0.1, 0.15) is 19.3 Å². The van der Waals surface area contributed by atoms with Gasteiger partial charge in [-0.15, -0.1) is 0 Å². The molecule has 0 heterocycles. The first-order valence-corrected chi connectivity index (χ1v) is 4.12. The predicted octanol–water partition coefficient (Wildman–Crippen LogP) is 1.62. The highest BCUT2D eigenvalue weighted by molar-refractivity contribution is 5.85. The fourth-order valence-electron chi connectivity index (χ4n) is 1.58. The third-order valence-corrected chi connectivity index (χ3v) is 2.33. The van der Waals surface area contributed by atoms with Crippen molar-refractivity contribution in [2.75, 3.05) is 0 Å². The van der Waals surface area contributed by atoms with Crippen LogP contribution in [0.5, 0.6) is 0 Å². The Morgan fingerprint density at radius 3 is 2.36 bits per heavy atom. The molecule has 6 heteroatoms. The van der Waals surface area contributed by atoms with Crippen LogP contribution in [0, 0.1) is 11.8 Å². The molecule has 0 aromatic carbocycles. The number of carbonyl (C=O) groups is 2. The lowest BCUT2D eigenvalue weighted by Crippen LogP contribution is -2.35. The van der Waals surface area contributed by atoms with Gasteiger partial charge in [0.05, 0.1) is 11.8 Å². The molecule has 3 nitrogen and oxygen atoms in total. The molecule has 0 spiro atoms. The van der Waals surface area contributed by atoms with Gasteiger partial charge >= 0.3 is 12.1 Å². The molecule has 1 aliphatic carbocycles. The number of carbonyl (C=O) groups excluding carboxylic acids is 1. The van der Waals surface area contributed by atoms with Crippen molar-refractivity contribution in [3.8, 4) is 0 Å². The topological polar surface area (TPSA) is 54.4 Å². The zero-order valence-corrected chi connectivity index (χ0v) is 7.17. The molecule has 1 aliphatic rings. The first-order chi connectivity index (χ1) is 6.30. The Kier molecular flexibility index (Phi) is 2.82. The van der Waals surface area contributed by atoms with Crippen LogP contribution in [0.25, 0.3) is 0 Å². The van der Waals surface area contributed by atoms with Crippen molar-refractivity contribution >= 4 is 11.8 Å². The van der Waals surface area contributed by atoms with Crippen LogP contribution in [0.15, 0.2) is 0 Å². The Morgan fingerprint density at radius 2 is 1.93 bits per heavy atom. The molecule has 0 aliphatic heterocycles. The zero-order valence-electron chi connectivity index (χ0n) is 7.17. The second-order valence-electron chi connectivity index (χ2n) is 3.46. The Morgan fingerprint density at radius 1 is 1.36 bits per heavy atom. The van der Waals surface area contributed by atoms with E-state index >= 15 is 0 Å². The lowest BCUT2D eigenvalue weighted by atomic mass is 9.80. The van der Waals surface area contributed by atoms with Crippen molar-refractivity contribution in [3.63, 3.8) is 0 Å². The smallest absolute Gasteiger partial charge is 0.392 e. The summed E-state index contributed by atoms with van der Waals surface area (Å²) in [7, 11) is 0. The number of carboxylic acid groups (broad SMARTS) is 1. The van der Waals surface area contributed by atoms with Gasteiger partial charge in [0.1, 0.15) is 5.78 Å². The Bertz CT molecular complexity index is 259. The van der Waals surface area contributed by atoms with Crippen molar-refractivity contribution in [3.05, 3.63) is 0 Å². The minimum Gasteiger partial charge on any atom is -0.481 e. The number of carboxylic acids is 1. The van der Waals surface area contributed by atoms with Crippen molar-refractivity contribution in [1.82, 2.24) is 0 Å². The molecule has 0 amide bonds. The van der Waals surface area contributed by atoms with E-state index in [1.54, 1.807) is 0 Å². The summed E-state index contributed by atoms with van der Waals surface area (Å²) in [5, 5.41) is 8.52. The van der Waals surface area contributed by atoms with E-state index in [4.69, 9.17) is 5.11 Å².